The molecule has 0 amide bonds. The summed E-state index contributed by atoms with van der Waals surface area (Å²) in [6, 6.07) is 0. The minimum Gasteiger partial charge on any atom is -0.306 e. The lowest BCUT2D eigenvalue weighted by atomic mass is 10.1. The van der Waals surface area contributed by atoms with Gasteiger partial charge in [0, 0.05) is 13.1 Å². The van der Waals surface area contributed by atoms with Gasteiger partial charge in [-0.25, -0.2) is 0 Å². The SMILES string of the molecule is CN(CCCS)CC1CCN(C)C1. The average Bonchev–Trinajstić information content (AvgIpc) is 2.48. The van der Waals surface area contributed by atoms with Crippen molar-refractivity contribution in [3.8, 4) is 0 Å². The molecule has 78 valence electrons. The molecule has 2 nitrogen and oxygen atoms in total. The van der Waals surface area contributed by atoms with Crippen LogP contribution in [0, 0.1) is 5.92 Å². The van der Waals surface area contributed by atoms with Gasteiger partial charge in [0.05, 0.1) is 0 Å². The van der Waals surface area contributed by atoms with Crippen molar-refractivity contribution in [2.75, 3.05) is 46.0 Å². The van der Waals surface area contributed by atoms with E-state index in [2.05, 4.69) is 36.5 Å². The second-order valence-electron chi connectivity index (χ2n) is 4.26. The Morgan fingerprint density at radius 2 is 2.31 bits per heavy atom. The van der Waals surface area contributed by atoms with Gasteiger partial charge in [0.2, 0.25) is 0 Å². The number of nitrogens with zero attached hydrogens (tertiary/aromatic N) is 2. The molecule has 1 rings (SSSR count). The fourth-order valence-electron chi connectivity index (χ4n) is 2.05. The van der Waals surface area contributed by atoms with Crippen molar-refractivity contribution in [2.24, 2.45) is 5.92 Å². The topological polar surface area (TPSA) is 6.48 Å². The van der Waals surface area contributed by atoms with E-state index < -0.39 is 0 Å². The Kier molecular flexibility index (Phi) is 5.14. The number of hydrogen-bond donors (Lipinski definition) is 1. The first-order valence-corrected chi connectivity index (χ1v) is 5.83. The number of rotatable bonds is 5. The highest BCUT2D eigenvalue weighted by atomic mass is 32.1. The van der Waals surface area contributed by atoms with Gasteiger partial charge in [-0.15, -0.1) is 0 Å². The van der Waals surface area contributed by atoms with Gasteiger partial charge in [-0.05, 0) is 51.7 Å². The van der Waals surface area contributed by atoms with Crippen molar-refractivity contribution >= 4 is 12.6 Å². The summed E-state index contributed by atoms with van der Waals surface area (Å²) in [5.74, 6) is 1.91. The standard InChI is InChI=1S/C10H22N2S/c1-11(5-3-7-13)8-10-4-6-12(2)9-10/h10,13H,3-9H2,1-2H3. The van der Waals surface area contributed by atoms with E-state index in [9.17, 15) is 0 Å². The van der Waals surface area contributed by atoms with Gasteiger partial charge in [0.1, 0.15) is 0 Å². The normalized spacial score (nSPS) is 24.5. The lowest BCUT2D eigenvalue weighted by Gasteiger charge is -2.20. The second kappa shape index (κ2) is 5.89. The summed E-state index contributed by atoms with van der Waals surface area (Å²) in [6.45, 7) is 5.03. The predicted octanol–water partition coefficient (Wildman–Crippen LogP) is 1.19. The molecule has 1 saturated heterocycles. The van der Waals surface area contributed by atoms with Crippen LogP contribution in [0.15, 0.2) is 0 Å². The zero-order valence-corrected chi connectivity index (χ0v) is 9.76. The molecule has 3 heteroatoms. The van der Waals surface area contributed by atoms with Crippen molar-refractivity contribution in [2.45, 2.75) is 12.8 Å². The smallest absolute Gasteiger partial charge is 0.00193 e. The van der Waals surface area contributed by atoms with Crippen molar-refractivity contribution in [1.29, 1.82) is 0 Å². The van der Waals surface area contributed by atoms with Crippen LogP contribution in [0.5, 0.6) is 0 Å². The molecule has 1 heterocycles. The highest BCUT2D eigenvalue weighted by Crippen LogP contribution is 2.14. The monoisotopic (exact) mass is 202 g/mol. The molecule has 0 spiro atoms. The summed E-state index contributed by atoms with van der Waals surface area (Å²) < 4.78 is 0. The maximum Gasteiger partial charge on any atom is 0.00193 e. The third-order valence-electron chi connectivity index (χ3n) is 2.76. The van der Waals surface area contributed by atoms with Crippen LogP contribution >= 0.6 is 12.6 Å². The van der Waals surface area contributed by atoms with Gasteiger partial charge < -0.3 is 9.80 Å². The number of thiol groups is 1. The first-order valence-electron chi connectivity index (χ1n) is 5.20. The first-order chi connectivity index (χ1) is 6.22. The number of likely N-dealkylation sites (tertiary alicyclic amines) is 1. The van der Waals surface area contributed by atoms with E-state index in [1.165, 1.54) is 39.0 Å². The molecule has 1 atom stereocenters. The van der Waals surface area contributed by atoms with Gasteiger partial charge >= 0.3 is 0 Å². The molecule has 0 aliphatic carbocycles. The molecule has 0 bridgehead atoms. The van der Waals surface area contributed by atoms with Crippen LogP contribution in [0.3, 0.4) is 0 Å². The summed E-state index contributed by atoms with van der Waals surface area (Å²) in [5, 5.41) is 0. The van der Waals surface area contributed by atoms with Gasteiger partial charge in [-0.2, -0.15) is 12.6 Å². The van der Waals surface area contributed by atoms with Crippen LogP contribution in [0.1, 0.15) is 12.8 Å². The largest absolute Gasteiger partial charge is 0.306 e. The van der Waals surface area contributed by atoms with E-state index in [-0.39, 0.29) is 0 Å². The zero-order chi connectivity index (χ0) is 9.68. The van der Waals surface area contributed by atoms with E-state index in [0.29, 0.717) is 0 Å². The fourth-order valence-corrected chi connectivity index (χ4v) is 2.19. The molecule has 1 fully saturated rings. The van der Waals surface area contributed by atoms with E-state index >= 15 is 0 Å². The molecule has 0 N–H and O–H groups in total. The Bertz CT molecular complexity index is 141. The highest BCUT2D eigenvalue weighted by molar-refractivity contribution is 7.80. The van der Waals surface area contributed by atoms with Crippen molar-refractivity contribution < 1.29 is 0 Å². The number of hydrogen-bond acceptors (Lipinski definition) is 3. The predicted molar refractivity (Wildman–Crippen MR) is 61.6 cm³/mol. The molecule has 0 radical (unpaired) electrons. The zero-order valence-electron chi connectivity index (χ0n) is 8.87. The molecule has 0 aromatic carbocycles. The van der Waals surface area contributed by atoms with Gasteiger partial charge in [0.25, 0.3) is 0 Å². The Morgan fingerprint density at radius 1 is 1.54 bits per heavy atom. The third kappa shape index (κ3) is 4.34. The first kappa shape index (κ1) is 11.3. The molecular formula is C10H22N2S. The molecule has 0 aromatic heterocycles. The summed E-state index contributed by atoms with van der Waals surface area (Å²) >= 11 is 4.22. The Labute approximate surface area is 87.7 Å². The van der Waals surface area contributed by atoms with Crippen molar-refractivity contribution in [3.05, 3.63) is 0 Å². The maximum atomic E-state index is 4.22. The Hall–Kier alpha value is 0.270. The summed E-state index contributed by atoms with van der Waals surface area (Å²) in [5.41, 5.74) is 0. The van der Waals surface area contributed by atoms with Crippen LogP contribution in [0.25, 0.3) is 0 Å². The summed E-state index contributed by atoms with van der Waals surface area (Å²) in [6.07, 6.45) is 2.59. The third-order valence-corrected chi connectivity index (χ3v) is 3.07. The minimum atomic E-state index is 0.898. The van der Waals surface area contributed by atoms with Crippen LogP contribution in [0.4, 0.5) is 0 Å². The van der Waals surface area contributed by atoms with E-state index in [1.807, 2.05) is 0 Å². The van der Waals surface area contributed by atoms with Crippen LogP contribution in [-0.4, -0.2) is 55.8 Å². The van der Waals surface area contributed by atoms with Crippen molar-refractivity contribution in [1.82, 2.24) is 9.80 Å². The van der Waals surface area contributed by atoms with E-state index in [4.69, 9.17) is 0 Å². The molecule has 1 aliphatic rings. The summed E-state index contributed by atoms with van der Waals surface area (Å²) in [7, 11) is 4.44. The maximum absolute atomic E-state index is 4.22. The Balaban J connectivity index is 2.09. The van der Waals surface area contributed by atoms with E-state index in [1.54, 1.807) is 0 Å². The Morgan fingerprint density at radius 3 is 2.85 bits per heavy atom. The molecule has 0 aromatic rings. The van der Waals surface area contributed by atoms with Crippen LogP contribution < -0.4 is 0 Å². The van der Waals surface area contributed by atoms with Crippen LogP contribution in [-0.2, 0) is 0 Å². The lowest BCUT2D eigenvalue weighted by molar-refractivity contribution is 0.275. The molecule has 0 saturated carbocycles. The fraction of sp³-hybridized carbons (Fsp3) is 1.00. The summed E-state index contributed by atoms with van der Waals surface area (Å²) in [4.78, 5) is 4.87. The second-order valence-corrected chi connectivity index (χ2v) is 4.70. The van der Waals surface area contributed by atoms with E-state index in [0.717, 1.165) is 11.7 Å². The quantitative estimate of drug-likeness (QED) is 0.669. The molecule has 1 aliphatic heterocycles. The van der Waals surface area contributed by atoms with Gasteiger partial charge in [-0.1, -0.05) is 0 Å². The average molecular weight is 202 g/mol. The van der Waals surface area contributed by atoms with Gasteiger partial charge in [0.15, 0.2) is 0 Å². The lowest BCUT2D eigenvalue weighted by Crippen LogP contribution is -2.28. The minimum absolute atomic E-state index is 0.898. The molecule has 13 heavy (non-hydrogen) atoms. The van der Waals surface area contributed by atoms with Crippen molar-refractivity contribution in [3.63, 3.8) is 0 Å². The van der Waals surface area contributed by atoms with Crippen LogP contribution in [0.2, 0.25) is 0 Å². The van der Waals surface area contributed by atoms with Gasteiger partial charge in [-0.3, -0.25) is 0 Å². The molecule has 1 unspecified atom stereocenters. The highest BCUT2D eigenvalue weighted by Gasteiger charge is 2.20. The molecular weight excluding hydrogens is 180 g/mol.